The number of hydrogen-bond acceptors (Lipinski definition) is 5. The summed E-state index contributed by atoms with van der Waals surface area (Å²) in [6, 6.07) is 15.7. The molecule has 2 aromatic carbocycles. The lowest BCUT2D eigenvalue weighted by atomic mass is 9.95. The molecule has 1 saturated heterocycles. The maximum Gasteiger partial charge on any atom is 0.408 e. The Labute approximate surface area is 197 Å². The molecule has 2 amide bonds. The average Bonchev–Trinajstić information content (AvgIpc) is 3.56. The van der Waals surface area contributed by atoms with Crippen molar-refractivity contribution in [1.29, 1.82) is 0 Å². The van der Waals surface area contributed by atoms with E-state index in [2.05, 4.69) is 22.8 Å². The SMILES string of the molecule is O=C(NC1(C(=O)N[C@H]2CCC[C@H]2C(=O)O)CCOC1)OCC1c2ccccc2-c2ccccc21. The maximum atomic E-state index is 13.2. The highest BCUT2D eigenvalue weighted by atomic mass is 16.6. The first-order valence-corrected chi connectivity index (χ1v) is 11.7. The van der Waals surface area contributed by atoms with Gasteiger partial charge in [-0.3, -0.25) is 9.59 Å². The largest absolute Gasteiger partial charge is 0.481 e. The highest BCUT2D eigenvalue weighted by molar-refractivity contribution is 5.91. The van der Waals surface area contributed by atoms with Gasteiger partial charge in [0.1, 0.15) is 12.1 Å². The van der Waals surface area contributed by atoms with Crippen LogP contribution >= 0.6 is 0 Å². The third kappa shape index (κ3) is 4.03. The molecule has 2 aromatic rings. The van der Waals surface area contributed by atoms with Gasteiger partial charge in [-0.05, 0) is 35.1 Å². The molecular formula is C26H28N2O6. The Kier molecular flexibility index (Phi) is 6.00. The Morgan fingerprint density at radius 2 is 1.71 bits per heavy atom. The number of carbonyl (C=O) groups excluding carboxylic acids is 2. The molecule has 0 radical (unpaired) electrons. The van der Waals surface area contributed by atoms with Gasteiger partial charge >= 0.3 is 12.1 Å². The quantitative estimate of drug-likeness (QED) is 0.606. The first-order chi connectivity index (χ1) is 16.5. The van der Waals surface area contributed by atoms with Crippen LogP contribution in [0.1, 0.15) is 42.7 Å². The van der Waals surface area contributed by atoms with Gasteiger partial charge in [0.15, 0.2) is 0 Å². The van der Waals surface area contributed by atoms with E-state index >= 15 is 0 Å². The predicted molar refractivity (Wildman–Crippen MR) is 123 cm³/mol. The first-order valence-electron chi connectivity index (χ1n) is 11.7. The van der Waals surface area contributed by atoms with E-state index in [1.165, 1.54) is 0 Å². The van der Waals surface area contributed by atoms with Gasteiger partial charge in [-0.2, -0.15) is 0 Å². The molecule has 3 aliphatic rings. The van der Waals surface area contributed by atoms with E-state index < -0.39 is 35.5 Å². The van der Waals surface area contributed by atoms with Crippen LogP contribution in [0, 0.1) is 5.92 Å². The van der Waals surface area contributed by atoms with Gasteiger partial charge in [-0.15, -0.1) is 0 Å². The molecular weight excluding hydrogens is 436 g/mol. The minimum Gasteiger partial charge on any atom is -0.481 e. The van der Waals surface area contributed by atoms with Crippen molar-refractivity contribution in [2.24, 2.45) is 5.92 Å². The van der Waals surface area contributed by atoms with Crippen molar-refractivity contribution in [2.45, 2.75) is 43.2 Å². The molecule has 0 bridgehead atoms. The number of alkyl carbamates (subject to hydrolysis) is 1. The van der Waals surface area contributed by atoms with E-state index in [-0.39, 0.29) is 19.1 Å². The number of rotatable bonds is 6. The van der Waals surface area contributed by atoms with E-state index in [0.717, 1.165) is 28.7 Å². The number of aliphatic carboxylic acids is 1. The van der Waals surface area contributed by atoms with Gasteiger partial charge in [-0.1, -0.05) is 55.0 Å². The molecule has 1 saturated carbocycles. The number of carbonyl (C=O) groups is 3. The molecule has 0 spiro atoms. The molecule has 8 nitrogen and oxygen atoms in total. The third-order valence-corrected chi connectivity index (χ3v) is 7.29. The zero-order valence-corrected chi connectivity index (χ0v) is 18.8. The lowest BCUT2D eigenvalue weighted by Gasteiger charge is -2.30. The van der Waals surface area contributed by atoms with Crippen molar-refractivity contribution in [3.05, 3.63) is 59.7 Å². The van der Waals surface area contributed by atoms with Crippen LogP contribution in [0.15, 0.2) is 48.5 Å². The van der Waals surface area contributed by atoms with Gasteiger partial charge < -0.3 is 25.2 Å². The smallest absolute Gasteiger partial charge is 0.408 e. The van der Waals surface area contributed by atoms with E-state index in [4.69, 9.17) is 9.47 Å². The average molecular weight is 465 g/mol. The second kappa shape index (κ2) is 9.10. The molecule has 34 heavy (non-hydrogen) atoms. The predicted octanol–water partition coefficient (Wildman–Crippen LogP) is 3.05. The number of fused-ring (bicyclic) bond motifs is 3. The minimum atomic E-state index is -1.27. The highest BCUT2D eigenvalue weighted by Gasteiger charge is 2.46. The fraction of sp³-hybridized carbons (Fsp3) is 0.423. The van der Waals surface area contributed by atoms with Gasteiger partial charge in [0.25, 0.3) is 0 Å². The number of carboxylic acid groups (broad SMARTS) is 1. The van der Waals surface area contributed by atoms with E-state index in [0.29, 0.717) is 25.9 Å². The number of benzene rings is 2. The van der Waals surface area contributed by atoms with Crippen LogP contribution in [0.5, 0.6) is 0 Å². The highest BCUT2D eigenvalue weighted by Crippen LogP contribution is 2.44. The molecule has 1 heterocycles. The summed E-state index contributed by atoms with van der Waals surface area (Å²) in [7, 11) is 0. The summed E-state index contributed by atoms with van der Waals surface area (Å²) < 4.78 is 11.1. The molecule has 8 heteroatoms. The Bertz CT molecular complexity index is 1060. The topological polar surface area (TPSA) is 114 Å². The van der Waals surface area contributed by atoms with Gasteiger partial charge in [0, 0.05) is 25.0 Å². The molecule has 178 valence electrons. The monoisotopic (exact) mass is 464 g/mol. The molecule has 1 unspecified atom stereocenters. The minimum absolute atomic E-state index is 0.0213. The standard InChI is InChI=1S/C26H28N2O6/c29-23(30)20-10-5-11-22(20)27-24(31)26(12-13-33-15-26)28-25(32)34-14-21-18-8-3-1-6-16(18)17-7-2-4-9-19(17)21/h1-4,6-9,20-22H,5,10-15H2,(H,27,31)(H,28,32)(H,29,30)/t20-,22+,26?/m1/s1. The zero-order chi connectivity index (χ0) is 23.7. The van der Waals surface area contributed by atoms with E-state index in [9.17, 15) is 19.5 Å². The summed E-state index contributed by atoms with van der Waals surface area (Å²) in [6.07, 6.45) is 1.48. The number of amides is 2. The van der Waals surface area contributed by atoms with Crippen LogP contribution in [0.2, 0.25) is 0 Å². The second-order valence-electron chi connectivity index (χ2n) is 9.29. The number of hydrogen-bond donors (Lipinski definition) is 3. The molecule has 0 aromatic heterocycles. The van der Waals surface area contributed by atoms with Gasteiger partial charge in [0.2, 0.25) is 5.91 Å². The summed E-state index contributed by atoms with van der Waals surface area (Å²) in [4.78, 5) is 37.5. The molecule has 1 aliphatic heterocycles. The lowest BCUT2D eigenvalue weighted by Crippen LogP contribution is -2.61. The fourth-order valence-corrected chi connectivity index (χ4v) is 5.46. The first kappa shape index (κ1) is 22.4. The zero-order valence-electron chi connectivity index (χ0n) is 18.8. The van der Waals surface area contributed by atoms with Crippen molar-refractivity contribution in [2.75, 3.05) is 19.8 Å². The van der Waals surface area contributed by atoms with E-state index in [1.807, 2.05) is 36.4 Å². The summed E-state index contributed by atoms with van der Waals surface area (Å²) in [6.45, 7) is 0.486. The van der Waals surface area contributed by atoms with Crippen molar-refractivity contribution in [3.63, 3.8) is 0 Å². The normalized spacial score (nSPS) is 25.4. The van der Waals surface area contributed by atoms with Gasteiger partial charge in [-0.25, -0.2) is 4.79 Å². The lowest BCUT2D eigenvalue weighted by molar-refractivity contribution is -0.142. The van der Waals surface area contributed by atoms with Crippen LogP contribution in [0.3, 0.4) is 0 Å². The summed E-state index contributed by atoms with van der Waals surface area (Å²) >= 11 is 0. The van der Waals surface area contributed by atoms with Crippen molar-refractivity contribution in [1.82, 2.24) is 10.6 Å². The summed E-state index contributed by atoms with van der Waals surface area (Å²) in [5.74, 6) is -2.03. The van der Waals surface area contributed by atoms with Crippen LogP contribution in [-0.2, 0) is 19.1 Å². The van der Waals surface area contributed by atoms with Crippen LogP contribution in [0.25, 0.3) is 11.1 Å². The van der Waals surface area contributed by atoms with Crippen LogP contribution < -0.4 is 10.6 Å². The molecule has 2 fully saturated rings. The number of ether oxygens (including phenoxy) is 2. The van der Waals surface area contributed by atoms with Crippen molar-refractivity contribution < 1.29 is 29.0 Å². The maximum absolute atomic E-state index is 13.2. The molecule has 2 aliphatic carbocycles. The Morgan fingerprint density at radius 1 is 1.03 bits per heavy atom. The summed E-state index contributed by atoms with van der Waals surface area (Å²) in [5.41, 5.74) is 3.21. The van der Waals surface area contributed by atoms with Crippen LogP contribution in [-0.4, -0.2) is 54.5 Å². The third-order valence-electron chi connectivity index (χ3n) is 7.29. The molecule has 3 N–H and O–H groups in total. The van der Waals surface area contributed by atoms with Crippen molar-refractivity contribution in [3.8, 4) is 11.1 Å². The number of carboxylic acids is 1. The second-order valence-corrected chi connectivity index (χ2v) is 9.29. The number of nitrogens with one attached hydrogen (secondary N) is 2. The Balaban J connectivity index is 1.26. The molecule has 3 atom stereocenters. The fourth-order valence-electron chi connectivity index (χ4n) is 5.46. The summed E-state index contributed by atoms with van der Waals surface area (Å²) in [5, 5.41) is 15.0. The van der Waals surface area contributed by atoms with E-state index in [1.54, 1.807) is 0 Å². The van der Waals surface area contributed by atoms with Crippen molar-refractivity contribution >= 4 is 18.0 Å². The Hall–Kier alpha value is -3.39. The molecule has 5 rings (SSSR count). The van der Waals surface area contributed by atoms with Gasteiger partial charge in [0.05, 0.1) is 12.5 Å². The Morgan fingerprint density at radius 3 is 2.32 bits per heavy atom. The van der Waals surface area contributed by atoms with Crippen LogP contribution in [0.4, 0.5) is 4.79 Å².